The molecule has 1 aromatic carbocycles. The van der Waals surface area contributed by atoms with Gasteiger partial charge in [-0.05, 0) is 31.3 Å². The summed E-state index contributed by atoms with van der Waals surface area (Å²) >= 11 is 0. The molecule has 3 rings (SSSR count). The highest BCUT2D eigenvalue weighted by atomic mass is 19.1. The number of carbonyl (C=O) groups excluding carboxylic acids is 1. The van der Waals surface area contributed by atoms with Crippen LogP contribution < -0.4 is 5.32 Å². The zero-order valence-electron chi connectivity index (χ0n) is 16.0. The molecule has 30 heavy (non-hydrogen) atoms. The predicted molar refractivity (Wildman–Crippen MR) is 105 cm³/mol. The van der Waals surface area contributed by atoms with Crippen molar-refractivity contribution in [2.24, 2.45) is 0 Å². The number of rotatable bonds is 5. The van der Waals surface area contributed by atoms with Gasteiger partial charge in [-0.3, -0.25) is 9.78 Å². The van der Waals surface area contributed by atoms with Crippen LogP contribution in [0.5, 0.6) is 0 Å². The lowest BCUT2D eigenvalue weighted by Gasteiger charge is -2.15. The molecule has 2 heterocycles. The molecule has 5 nitrogen and oxygen atoms in total. The molecule has 0 saturated carbocycles. The molecule has 8 heteroatoms. The van der Waals surface area contributed by atoms with E-state index in [-0.39, 0.29) is 24.5 Å². The molecular weight excluding hydrogens is 395 g/mol. The van der Waals surface area contributed by atoms with E-state index in [2.05, 4.69) is 31.9 Å². The second kappa shape index (κ2) is 12.0. The fraction of sp³-hybridized carbons (Fsp3) is 0.136. The van der Waals surface area contributed by atoms with Crippen molar-refractivity contribution in [1.29, 1.82) is 0 Å². The van der Waals surface area contributed by atoms with Gasteiger partial charge in [-0.2, -0.15) is 4.39 Å². The van der Waals surface area contributed by atoms with Crippen LogP contribution in [0.1, 0.15) is 22.7 Å². The molecule has 0 spiro atoms. The van der Waals surface area contributed by atoms with Crippen molar-refractivity contribution in [3.63, 3.8) is 0 Å². The van der Waals surface area contributed by atoms with Crippen LogP contribution in [0, 0.1) is 29.4 Å². The van der Waals surface area contributed by atoms with E-state index >= 15 is 0 Å². The summed E-state index contributed by atoms with van der Waals surface area (Å²) in [4.78, 5) is 17.6. The fourth-order valence-electron chi connectivity index (χ4n) is 2.28. The number of pyridine rings is 2. The highest BCUT2D eigenvalue weighted by Gasteiger charge is 2.16. The van der Waals surface area contributed by atoms with Crippen molar-refractivity contribution < 1.29 is 22.7 Å². The molecule has 0 bridgehead atoms. The molecule has 0 aliphatic rings. The van der Waals surface area contributed by atoms with Gasteiger partial charge in [-0.15, -0.1) is 0 Å². The Hall–Kier alpha value is -3.70. The molecule has 1 atom stereocenters. The van der Waals surface area contributed by atoms with Crippen LogP contribution in [0.15, 0.2) is 61.1 Å². The van der Waals surface area contributed by atoms with Gasteiger partial charge >= 0.3 is 0 Å². The standard InChI is InChI=1S/C16H13F2N3O2.C6H5F/c1-19-15(9-23-10-22)14-5-12(7-21-16(14)18)3-2-11-4-13(17)8-20-6-11;7-6-4-2-1-3-5-6/h4-8,10,15,19H,9H2,1H3;1-5H/t15-;/m0./s1. The summed E-state index contributed by atoms with van der Waals surface area (Å²) in [5, 5.41) is 2.83. The van der Waals surface area contributed by atoms with E-state index in [1.165, 1.54) is 36.7 Å². The number of nitrogens with one attached hydrogen (secondary N) is 1. The summed E-state index contributed by atoms with van der Waals surface area (Å²) in [5.41, 5.74) is 1.06. The van der Waals surface area contributed by atoms with Gasteiger partial charge in [0.25, 0.3) is 6.47 Å². The van der Waals surface area contributed by atoms with Crippen molar-refractivity contribution in [1.82, 2.24) is 15.3 Å². The van der Waals surface area contributed by atoms with Crippen LogP contribution in [-0.4, -0.2) is 30.1 Å². The molecule has 0 fully saturated rings. The Kier molecular flexibility index (Phi) is 9.03. The van der Waals surface area contributed by atoms with Crippen LogP contribution >= 0.6 is 0 Å². The molecule has 0 radical (unpaired) electrons. The van der Waals surface area contributed by atoms with Crippen LogP contribution in [-0.2, 0) is 9.53 Å². The summed E-state index contributed by atoms with van der Waals surface area (Å²) in [6.07, 6.45) is 3.77. The minimum Gasteiger partial charge on any atom is -0.466 e. The Balaban J connectivity index is 0.000000386. The smallest absolute Gasteiger partial charge is 0.293 e. The molecule has 154 valence electrons. The van der Waals surface area contributed by atoms with Crippen molar-refractivity contribution in [2.75, 3.05) is 13.7 Å². The zero-order chi connectivity index (χ0) is 21.8. The van der Waals surface area contributed by atoms with Gasteiger partial charge in [0.2, 0.25) is 5.95 Å². The van der Waals surface area contributed by atoms with Crippen molar-refractivity contribution in [3.8, 4) is 11.8 Å². The second-order valence-corrected chi connectivity index (χ2v) is 5.81. The molecule has 0 unspecified atom stereocenters. The quantitative estimate of drug-likeness (QED) is 0.395. The summed E-state index contributed by atoms with van der Waals surface area (Å²) in [6.45, 7) is 0.250. The number of hydrogen-bond donors (Lipinski definition) is 1. The summed E-state index contributed by atoms with van der Waals surface area (Å²) < 4.78 is 43.4. The summed E-state index contributed by atoms with van der Waals surface area (Å²) in [6, 6.07) is 10.1. The highest BCUT2D eigenvalue weighted by molar-refractivity contribution is 5.42. The lowest BCUT2D eigenvalue weighted by molar-refractivity contribution is -0.129. The van der Waals surface area contributed by atoms with E-state index in [4.69, 9.17) is 0 Å². The van der Waals surface area contributed by atoms with Crippen LogP contribution in [0.2, 0.25) is 0 Å². The van der Waals surface area contributed by atoms with E-state index in [9.17, 15) is 18.0 Å². The van der Waals surface area contributed by atoms with E-state index in [1.54, 1.807) is 25.2 Å². The number of benzene rings is 1. The highest BCUT2D eigenvalue weighted by Crippen LogP contribution is 2.17. The SMILES string of the molecule is CN[C@@H](COC=O)c1cc(C#Cc2cncc(F)c2)cnc1F.Fc1ccccc1. The maximum Gasteiger partial charge on any atom is 0.293 e. The number of likely N-dealkylation sites (N-methyl/N-ethyl adjacent to an activating group) is 1. The van der Waals surface area contributed by atoms with Crippen molar-refractivity contribution in [2.45, 2.75) is 6.04 Å². The fourth-order valence-corrected chi connectivity index (χ4v) is 2.28. The van der Waals surface area contributed by atoms with Gasteiger partial charge in [0.15, 0.2) is 0 Å². The van der Waals surface area contributed by atoms with Gasteiger partial charge in [0.1, 0.15) is 18.2 Å². The number of halogens is 3. The molecule has 0 aliphatic carbocycles. The molecule has 0 amide bonds. The number of hydrogen-bond acceptors (Lipinski definition) is 5. The third-order valence-electron chi connectivity index (χ3n) is 3.71. The second-order valence-electron chi connectivity index (χ2n) is 5.81. The molecule has 0 saturated heterocycles. The topological polar surface area (TPSA) is 64.1 Å². The van der Waals surface area contributed by atoms with Crippen LogP contribution in [0.4, 0.5) is 13.2 Å². The van der Waals surface area contributed by atoms with E-state index in [1.807, 2.05) is 0 Å². The van der Waals surface area contributed by atoms with Gasteiger partial charge in [-0.25, -0.2) is 13.8 Å². The minimum atomic E-state index is -0.683. The van der Waals surface area contributed by atoms with E-state index < -0.39 is 17.8 Å². The summed E-state index contributed by atoms with van der Waals surface area (Å²) in [7, 11) is 1.61. The van der Waals surface area contributed by atoms with Gasteiger partial charge in [0.05, 0.1) is 12.2 Å². The Morgan fingerprint density at radius 1 is 1.03 bits per heavy atom. The van der Waals surface area contributed by atoms with Gasteiger partial charge < -0.3 is 10.1 Å². The van der Waals surface area contributed by atoms with Crippen LogP contribution in [0.25, 0.3) is 0 Å². The molecule has 2 aromatic heterocycles. The number of carbonyl (C=O) groups is 1. The summed E-state index contributed by atoms with van der Waals surface area (Å²) in [5.74, 6) is 4.14. The monoisotopic (exact) mass is 413 g/mol. The maximum atomic E-state index is 13.8. The number of ether oxygens (including phenoxy) is 1. The first-order valence-corrected chi connectivity index (χ1v) is 8.74. The normalized spacial score (nSPS) is 10.7. The average Bonchev–Trinajstić information content (AvgIpc) is 2.75. The third-order valence-corrected chi connectivity index (χ3v) is 3.71. The third kappa shape index (κ3) is 7.37. The van der Waals surface area contributed by atoms with Crippen molar-refractivity contribution in [3.05, 3.63) is 95.3 Å². The molecular formula is C22H18F3N3O2. The van der Waals surface area contributed by atoms with E-state index in [0.717, 1.165) is 6.20 Å². The first-order chi connectivity index (χ1) is 14.5. The van der Waals surface area contributed by atoms with Gasteiger partial charge in [-0.1, -0.05) is 30.0 Å². The lowest BCUT2D eigenvalue weighted by atomic mass is 10.1. The molecule has 3 aromatic rings. The number of aromatic nitrogens is 2. The zero-order valence-corrected chi connectivity index (χ0v) is 16.0. The minimum absolute atomic E-state index is 0.0384. The van der Waals surface area contributed by atoms with E-state index in [0.29, 0.717) is 11.1 Å². The average molecular weight is 413 g/mol. The lowest BCUT2D eigenvalue weighted by Crippen LogP contribution is -2.23. The van der Waals surface area contributed by atoms with Gasteiger partial charge in [0, 0.05) is 29.1 Å². The molecule has 0 aliphatic heterocycles. The predicted octanol–water partition coefficient (Wildman–Crippen LogP) is 3.41. The number of nitrogens with zero attached hydrogens (tertiary/aromatic N) is 2. The Bertz CT molecular complexity index is 1020. The Labute approximate surface area is 172 Å². The van der Waals surface area contributed by atoms with Crippen molar-refractivity contribution >= 4 is 6.47 Å². The largest absolute Gasteiger partial charge is 0.466 e. The first-order valence-electron chi connectivity index (χ1n) is 8.74. The van der Waals surface area contributed by atoms with Crippen LogP contribution in [0.3, 0.4) is 0 Å². The Morgan fingerprint density at radius 2 is 1.73 bits per heavy atom. The maximum absolute atomic E-state index is 13.8. The Morgan fingerprint density at radius 3 is 2.30 bits per heavy atom. The molecule has 1 N–H and O–H groups in total. The first kappa shape index (κ1) is 22.6.